The van der Waals surface area contributed by atoms with Crippen LogP contribution in [-0.2, 0) is 9.53 Å². The fourth-order valence-corrected chi connectivity index (χ4v) is 1.27. The van der Waals surface area contributed by atoms with Crippen LogP contribution in [0.1, 0.15) is 19.3 Å². The molecule has 9 heavy (non-hydrogen) atoms. The minimum atomic E-state index is 0.400. The van der Waals surface area contributed by atoms with E-state index in [0.717, 1.165) is 25.9 Å². The van der Waals surface area contributed by atoms with Crippen LogP contribution in [0.2, 0.25) is 0 Å². The molecule has 0 aromatic carbocycles. The molecule has 52 valence electrons. The van der Waals surface area contributed by atoms with Gasteiger partial charge in [-0.05, 0) is 12.3 Å². The zero-order valence-corrected chi connectivity index (χ0v) is 5.72. The van der Waals surface area contributed by atoms with E-state index in [-0.39, 0.29) is 0 Å². The van der Waals surface area contributed by atoms with Crippen molar-refractivity contribution < 1.29 is 9.53 Å². The molecular weight excluding hydrogens is 116 g/mol. The minimum absolute atomic E-state index is 0.400. The molecule has 1 rings (SSSR count). The van der Waals surface area contributed by atoms with Crippen molar-refractivity contribution in [2.75, 3.05) is 13.7 Å². The zero-order valence-electron chi connectivity index (χ0n) is 5.72. The number of methoxy groups -OCH3 is 1. The molecule has 0 aromatic heterocycles. The van der Waals surface area contributed by atoms with Crippen molar-refractivity contribution in [3.05, 3.63) is 0 Å². The summed E-state index contributed by atoms with van der Waals surface area (Å²) in [4.78, 5) is 10.7. The van der Waals surface area contributed by atoms with E-state index in [9.17, 15) is 4.79 Å². The van der Waals surface area contributed by atoms with Crippen molar-refractivity contribution in [3.63, 3.8) is 0 Å². The van der Waals surface area contributed by atoms with Crippen molar-refractivity contribution in [2.45, 2.75) is 19.3 Å². The first kappa shape index (κ1) is 6.75. The summed E-state index contributed by atoms with van der Waals surface area (Å²) in [6.07, 6.45) is 2.55. The first-order valence-electron chi connectivity index (χ1n) is 3.33. The van der Waals surface area contributed by atoms with Gasteiger partial charge in [0.1, 0.15) is 5.78 Å². The van der Waals surface area contributed by atoms with Crippen LogP contribution in [0.15, 0.2) is 0 Å². The number of ketones is 1. The van der Waals surface area contributed by atoms with Crippen molar-refractivity contribution >= 4 is 5.78 Å². The summed E-state index contributed by atoms with van der Waals surface area (Å²) < 4.78 is 4.92. The maximum atomic E-state index is 10.7. The van der Waals surface area contributed by atoms with E-state index in [4.69, 9.17) is 4.74 Å². The molecule has 0 spiro atoms. The predicted octanol–water partition coefficient (Wildman–Crippen LogP) is 1.00. The largest absolute Gasteiger partial charge is 0.384 e. The highest BCUT2D eigenvalue weighted by Gasteiger charge is 2.21. The summed E-state index contributed by atoms with van der Waals surface area (Å²) in [5.74, 6) is 0.916. The van der Waals surface area contributed by atoms with Crippen LogP contribution in [-0.4, -0.2) is 19.5 Å². The van der Waals surface area contributed by atoms with E-state index in [0.29, 0.717) is 11.7 Å². The lowest BCUT2D eigenvalue weighted by atomic mass is 10.1. The number of Topliss-reactive ketones (excluding diaryl/α,β-unsaturated/α-hetero) is 1. The quantitative estimate of drug-likeness (QED) is 0.554. The summed E-state index contributed by atoms with van der Waals surface area (Å²) in [6.45, 7) is 0.756. The standard InChI is InChI=1S/C7H12O2/c1-9-5-6-2-3-7(8)4-6/h6H,2-5H2,1H3. The highest BCUT2D eigenvalue weighted by atomic mass is 16.5. The number of carbonyl (C=O) groups excluding carboxylic acids is 1. The lowest BCUT2D eigenvalue weighted by Gasteiger charge is -2.03. The van der Waals surface area contributed by atoms with Gasteiger partial charge in [-0.15, -0.1) is 0 Å². The second-order valence-corrected chi connectivity index (χ2v) is 2.60. The van der Waals surface area contributed by atoms with Crippen LogP contribution >= 0.6 is 0 Å². The molecule has 1 saturated carbocycles. The minimum Gasteiger partial charge on any atom is -0.384 e. The molecule has 0 radical (unpaired) electrons. The Morgan fingerprint density at radius 1 is 1.78 bits per heavy atom. The van der Waals surface area contributed by atoms with E-state index < -0.39 is 0 Å². The molecule has 1 aliphatic rings. The van der Waals surface area contributed by atoms with E-state index in [2.05, 4.69) is 0 Å². The predicted molar refractivity (Wildman–Crippen MR) is 34.2 cm³/mol. The van der Waals surface area contributed by atoms with Gasteiger partial charge >= 0.3 is 0 Å². The molecule has 0 N–H and O–H groups in total. The molecule has 0 heterocycles. The maximum Gasteiger partial charge on any atom is 0.133 e. The fourth-order valence-electron chi connectivity index (χ4n) is 1.27. The Hall–Kier alpha value is -0.370. The second kappa shape index (κ2) is 2.97. The van der Waals surface area contributed by atoms with Crippen molar-refractivity contribution in [3.8, 4) is 0 Å². The third kappa shape index (κ3) is 1.79. The molecule has 2 heteroatoms. The van der Waals surface area contributed by atoms with Crippen LogP contribution < -0.4 is 0 Å². The molecule has 2 nitrogen and oxygen atoms in total. The number of carbonyl (C=O) groups is 1. The summed E-state index contributed by atoms with van der Waals surface area (Å²) >= 11 is 0. The van der Waals surface area contributed by atoms with Gasteiger partial charge in [0.25, 0.3) is 0 Å². The van der Waals surface area contributed by atoms with E-state index in [1.54, 1.807) is 7.11 Å². The van der Waals surface area contributed by atoms with Gasteiger partial charge in [0.05, 0.1) is 0 Å². The lowest BCUT2D eigenvalue weighted by molar-refractivity contribution is -0.117. The number of hydrogen-bond acceptors (Lipinski definition) is 2. The summed E-state index contributed by atoms with van der Waals surface area (Å²) in [6, 6.07) is 0. The van der Waals surface area contributed by atoms with Crippen molar-refractivity contribution in [2.24, 2.45) is 5.92 Å². The second-order valence-electron chi connectivity index (χ2n) is 2.60. The molecule has 0 aromatic rings. The lowest BCUT2D eigenvalue weighted by Crippen LogP contribution is -2.03. The SMILES string of the molecule is COCC1CCC(=O)C1. The van der Waals surface area contributed by atoms with Gasteiger partial charge in [-0.2, -0.15) is 0 Å². The van der Waals surface area contributed by atoms with Gasteiger partial charge in [-0.1, -0.05) is 0 Å². The third-order valence-electron chi connectivity index (χ3n) is 1.75. The highest BCUT2D eigenvalue weighted by molar-refractivity contribution is 5.80. The first-order chi connectivity index (χ1) is 4.33. The molecule has 0 amide bonds. The molecule has 0 aliphatic heterocycles. The van der Waals surface area contributed by atoms with Gasteiger partial charge in [0.15, 0.2) is 0 Å². The third-order valence-corrected chi connectivity index (χ3v) is 1.75. The van der Waals surface area contributed by atoms with Crippen molar-refractivity contribution in [1.82, 2.24) is 0 Å². The Morgan fingerprint density at radius 2 is 2.56 bits per heavy atom. The Labute approximate surface area is 55.2 Å². The average Bonchev–Trinajstić information content (AvgIpc) is 2.17. The Balaban J connectivity index is 2.22. The van der Waals surface area contributed by atoms with E-state index in [1.165, 1.54) is 0 Å². The molecular formula is C7H12O2. The molecule has 1 fully saturated rings. The molecule has 1 unspecified atom stereocenters. The zero-order chi connectivity index (χ0) is 6.69. The van der Waals surface area contributed by atoms with Crippen LogP contribution in [0.25, 0.3) is 0 Å². The molecule has 0 saturated heterocycles. The fraction of sp³-hybridized carbons (Fsp3) is 0.857. The maximum absolute atomic E-state index is 10.7. The highest BCUT2D eigenvalue weighted by Crippen LogP contribution is 2.21. The Bertz CT molecular complexity index is 109. The van der Waals surface area contributed by atoms with Crippen LogP contribution in [0, 0.1) is 5.92 Å². The Kier molecular flexibility index (Phi) is 2.22. The first-order valence-corrected chi connectivity index (χ1v) is 3.33. The molecule has 0 bridgehead atoms. The molecule has 1 atom stereocenters. The number of rotatable bonds is 2. The van der Waals surface area contributed by atoms with Gasteiger partial charge in [0, 0.05) is 26.6 Å². The van der Waals surface area contributed by atoms with Gasteiger partial charge in [-0.3, -0.25) is 4.79 Å². The van der Waals surface area contributed by atoms with Crippen LogP contribution in [0.5, 0.6) is 0 Å². The van der Waals surface area contributed by atoms with Crippen LogP contribution in [0.3, 0.4) is 0 Å². The van der Waals surface area contributed by atoms with E-state index >= 15 is 0 Å². The molecule has 1 aliphatic carbocycles. The number of ether oxygens (including phenoxy) is 1. The summed E-state index contributed by atoms with van der Waals surface area (Å²) in [5, 5.41) is 0. The average molecular weight is 128 g/mol. The Morgan fingerprint density at radius 3 is 3.00 bits per heavy atom. The van der Waals surface area contributed by atoms with E-state index in [1.807, 2.05) is 0 Å². The van der Waals surface area contributed by atoms with Gasteiger partial charge < -0.3 is 4.74 Å². The topological polar surface area (TPSA) is 26.3 Å². The van der Waals surface area contributed by atoms with Crippen molar-refractivity contribution in [1.29, 1.82) is 0 Å². The van der Waals surface area contributed by atoms with Crippen LogP contribution in [0.4, 0.5) is 0 Å². The monoisotopic (exact) mass is 128 g/mol. The summed E-state index contributed by atoms with van der Waals surface area (Å²) in [7, 11) is 1.68. The van der Waals surface area contributed by atoms with Gasteiger partial charge in [-0.25, -0.2) is 0 Å². The van der Waals surface area contributed by atoms with Gasteiger partial charge in [0.2, 0.25) is 0 Å². The summed E-state index contributed by atoms with van der Waals surface area (Å²) in [5.41, 5.74) is 0. The normalized spacial score (nSPS) is 27.2. The smallest absolute Gasteiger partial charge is 0.133 e. The number of hydrogen-bond donors (Lipinski definition) is 0.